The average Bonchev–Trinajstić information content (AvgIpc) is 2.40. The molecule has 0 aliphatic carbocycles. The molecular formula is C15H23NO2. The quantitative estimate of drug-likeness (QED) is 0.865. The van der Waals surface area contributed by atoms with Gasteiger partial charge in [0.05, 0.1) is 12.7 Å². The molecule has 1 heterocycles. The summed E-state index contributed by atoms with van der Waals surface area (Å²) in [5.74, 6) is 0.326. The van der Waals surface area contributed by atoms with E-state index in [4.69, 9.17) is 9.84 Å². The van der Waals surface area contributed by atoms with E-state index in [1.807, 2.05) is 0 Å². The maximum atomic E-state index is 9.10. The first-order valence-electron chi connectivity index (χ1n) is 6.76. The van der Waals surface area contributed by atoms with E-state index in [0.29, 0.717) is 5.92 Å². The molecule has 0 bridgehead atoms. The van der Waals surface area contributed by atoms with Gasteiger partial charge in [-0.05, 0) is 17.9 Å². The van der Waals surface area contributed by atoms with Gasteiger partial charge in [0, 0.05) is 26.2 Å². The summed E-state index contributed by atoms with van der Waals surface area (Å²) >= 11 is 0. The number of aliphatic hydroxyl groups excluding tert-OH is 1. The topological polar surface area (TPSA) is 32.7 Å². The van der Waals surface area contributed by atoms with Crippen molar-refractivity contribution in [1.82, 2.24) is 4.90 Å². The van der Waals surface area contributed by atoms with Gasteiger partial charge >= 0.3 is 0 Å². The minimum absolute atomic E-state index is 0.249. The lowest BCUT2D eigenvalue weighted by Crippen LogP contribution is -2.42. The Morgan fingerprint density at radius 3 is 2.89 bits per heavy atom. The van der Waals surface area contributed by atoms with Crippen LogP contribution in [0.5, 0.6) is 0 Å². The minimum atomic E-state index is 0.249. The Labute approximate surface area is 109 Å². The molecule has 0 saturated carbocycles. The van der Waals surface area contributed by atoms with Crippen LogP contribution in [0, 0.1) is 5.92 Å². The highest BCUT2D eigenvalue weighted by atomic mass is 16.5. The molecular weight excluding hydrogens is 226 g/mol. The second-order valence-corrected chi connectivity index (χ2v) is 5.24. The lowest BCUT2D eigenvalue weighted by Gasteiger charge is -2.34. The van der Waals surface area contributed by atoms with Gasteiger partial charge in [-0.25, -0.2) is 0 Å². The molecule has 2 unspecified atom stereocenters. The Hall–Kier alpha value is -0.900. The predicted octanol–water partition coefficient (Wildman–Crippen LogP) is 1.91. The van der Waals surface area contributed by atoms with Gasteiger partial charge in [0.25, 0.3) is 0 Å². The molecule has 0 amide bonds. The van der Waals surface area contributed by atoms with Gasteiger partial charge in [0.1, 0.15) is 0 Å². The van der Waals surface area contributed by atoms with Crippen LogP contribution < -0.4 is 0 Å². The summed E-state index contributed by atoms with van der Waals surface area (Å²) in [5, 5.41) is 9.10. The van der Waals surface area contributed by atoms with Crippen LogP contribution in [0.4, 0.5) is 0 Å². The van der Waals surface area contributed by atoms with E-state index in [0.717, 1.165) is 32.7 Å². The summed E-state index contributed by atoms with van der Waals surface area (Å²) in [5.41, 5.74) is 1.35. The minimum Gasteiger partial charge on any atom is -0.396 e. The van der Waals surface area contributed by atoms with Crippen molar-refractivity contribution in [2.24, 2.45) is 5.92 Å². The monoisotopic (exact) mass is 249 g/mol. The Kier molecular flexibility index (Phi) is 5.17. The van der Waals surface area contributed by atoms with Crippen molar-refractivity contribution in [2.75, 3.05) is 26.3 Å². The molecule has 1 aromatic carbocycles. The van der Waals surface area contributed by atoms with E-state index >= 15 is 0 Å². The van der Waals surface area contributed by atoms with Gasteiger partial charge in [0.15, 0.2) is 0 Å². The third kappa shape index (κ3) is 4.09. The highest BCUT2D eigenvalue weighted by Gasteiger charge is 2.21. The van der Waals surface area contributed by atoms with Crippen molar-refractivity contribution >= 4 is 0 Å². The second-order valence-electron chi connectivity index (χ2n) is 5.24. The normalized spacial score (nSPS) is 22.9. The van der Waals surface area contributed by atoms with Crippen molar-refractivity contribution in [3.8, 4) is 0 Å². The number of hydrogen-bond donors (Lipinski definition) is 1. The maximum absolute atomic E-state index is 9.10. The summed E-state index contributed by atoms with van der Waals surface area (Å²) in [6, 6.07) is 10.6. The summed E-state index contributed by atoms with van der Waals surface area (Å²) in [6.07, 6.45) is 1.21. The lowest BCUT2D eigenvalue weighted by molar-refractivity contribution is -0.0437. The fourth-order valence-corrected chi connectivity index (χ4v) is 2.43. The summed E-state index contributed by atoms with van der Waals surface area (Å²) < 4.78 is 5.77. The van der Waals surface area contributed by atoms with Gasteiger partial charge < -0.3 is 9.84 Å². The van der Waals surface area contributed by atoms with Crippen LogP contribution in [0.3, 0.4) is 0 Å². The number of morpholine rings is 1. The highest BCUT2D eigenvalue weighted by Crippen LogP contribution is 2.16. The van der Waals surface area contributed by atoms with E-state index in [-0.39, 0.29) is 12.7 Å². The van der Waals surface area contributed by atoms with E-state index in [2.05, 4.69) is 42.2 Å². The van der Waals surface area contributed by atoms with Crippen LogP contribution in [0.2, 0.25) is 0 Å². The van der Waals surface area contributed by atoms with Gasteiger partial charge in [-0.15, -0.1) is 0 Å². The fourth-order valence-electron chi connectivity index (χ4n) is 2.43. The Bertz CT molecular complexity index is 342. The molecule has 1 aromatic rings. The third-order valence-corrected chi connectivity index (χ3v) is 3.45. The Balaban J connectivity index is 1.83. The number of rotatable bonds is 5. The first-order valence-corrected chi connectivity index (χ1v) is 6.76. The van der Waals surface area contributed by atoms with Gasteiger partial charge in [-0.3, -0.25) is 4.90 Å². The zero-order valence-corrected chi connectivity index (χ0v) is 11.1. The standard InChI is InChI=1S/C15H23NO2/c1-13(12-17)9-15-11-16(7-8-18-15)10-14-5-3-2-4-6-14/h2-6,13,15,17H,7-12H2,1H3. The summed E-state index contributed by atoms with van der Waals surface area (Å²) in [7, 11) is 0. The van der Waals surface area contributed by atoms with E-state index in [9.17, 15) is 0 Å². The van der Waals surface area contributed by atoms with Gasteiger partial charge in [-0.1, -0.05) is 37.3 Å². The molecule has 2 atom stereocenters. The number of hydrogen-bond acceptors (Lipinski definition) is 3. The lowest BCUT2D eigenvalue weighted by atomic mass is 10.0. The van der Waals surface area contributed by atoms with Crippen LogP contribution >= 0.6 is 0 Å². The molecule has 1 aliphatic heterocycles. The van der Waals surface area contributed by atoms with Crippen LogP contribution in [0.1, 0.15) is 18.9 Å². The predicted molar refractivity (Wildman–Crippen MR) is 72.3 cm³/mol. The number of ether oxygens (including phenoxy) is 1. The summed E-state index contributed by atoms with van der Waals surface area (Å²) in [4.78, 5) is 2.44. The smallest absolute Gasteiger partial charge is 0.0706 e. The average molecular weight is 249 g/mol. The molecule has 1 N–H and O–H groups in total. The van der Waals surface area contributed by atoms with Crippen molar-refractivity contribution in [3.63, 3.8) is 0 Å². The molecule has 3 heteroatoms. The van der Waals surface area contributed by atoms with Gasteiger partial charge in [-0.2, -0.15) is 0 Å². The van der Waals surface area contributed by atoms with Crippen molar-refractivity contribution in [2.45, 2.75) is 26.0 Å². The molecule has 100 valence electrons. The number of nitrogens with zero attached hydrogens (tertiary/aromatic N) is 1. The third-order valence-electron chi connectivity index (χ3n) is 3.45. The zero-order chi connectivity index (χ0) is 12.8. The maximum Gasteiger partial charge on any atom is 0.0706 e. The van der Waals surface area contributed by atoms with Crippen molar-refractivity contribution in [1.29, 1.82) is 0 Å². The molecule has 0 aromatic heterocycles. The van der Waals surface area contributed by atoms with Crippen LogP contribution in [0.15, 0.2) is 30.3 Å². The van der Waals surface area contributed by atoms with E-state index in [1.54, 1.807) is 0 Å². The fraction of sp³-hybridized carbons (Fsp3) is 0.600. The first kappa shape index (κ1) is 13.5. The SMILES string of the molecule is CC(CO)CC1CN(Cc2ccccc2)CCO1. The molecule has 1 fully saturated rings. The van der Waals surface area contributed by atoms with Gasteiger partial charge in [0.2, 0.25) is 0 Å². The first-order chi connectivity index (χ1) is 8.78. The molecule has 2 rings (SSSR count). The Morgan fingerprint density at radius 2 is 2.17 bits per heavy atom. The van der Waals surface area contributed by atoms with E-state index < -0.39 is 0 Å². The molecule has 0 radical (unpaired) electrons. The van der Waals surface area contributed by atoms with Crippen molar-refractivity contribution < 1.29 is 9.84 Å². The van der Waals surface area contributed by atoms with Crippen LogP contribution in [0.25, 0.3) is 0 Å². The number of aliphatic hydroxyl groups is 1. The van der Waals surface area contributed by atoms with Crippen LogP contribution in [-0.2, 0) is 11.3 Å². The van der Waals surface area contributed by atoms with Crippen molar-refractivity contribution in [3.05, 3.63) is 35.9 Å². The van der Waals surface area contributed by atoms with E-state index in [1.165, 1.54) is 5.56 Å². The molecule has 3 nitrogen and oxygen atoms in total. The molecule has 18 heavy (non-hydrogen) atoms. The van der Waals surface area contributed by atoms with Crippen LogP contribution in [-0.4, -0.2) is 42.4 Å². The second kappa shape index (κ2) is 6.88. The number of benzene rings is 1. The summed E-state index contributed by atoms with van der Waals surface area (Å²) in [6.45, 7) is 6.08. The Morgan fingerprint density at radius 1 is 1.39 bits per heavy atom. The largest absolute Gasteiger partial charge is 0.396 e. The molecule has 1 saturated heterocycles. The molecule has 1 aliphatic rings. The highest BCUT2D eigenvalue weighted by molar-refractivity contribution is 5.14. The molecule has 0 spiro atoms. The zero-order valence-electron chi connectivity index (χ0n) is 11.1.